The summed E-state index contributed by atoms with van der Waals surface area (Å²) in [4.78, 5) is 15.6. The van der Waals surface area contributed by atoms with Crippen LogP contribution in [0.5, 0.6) is 5.75 Å². The van der Waals surface area contributed by atoms with E-state index in [1.165, 1.54) is 17.3 Å². The molecular weight excluding hydrogens is 498 g/mol. The summed E-state index contributed by atoms with van der Waals surface area (Å²) < 4.78 is 8.23. The number of carbonyl (C=O) groups is 1. The van der Waals surface area contributed by atoms with Gasteiger partial charge in [0.15, 0.2) is 0 Å². The van der Waals surface area contributed by atoms with E-state index in [-0.39, 0.29) is 12.0 Å². The Morgan fingerprint density at radius 3 is 2.32 bits per heavy atom. The molecule has 0 atom stereocenters. The van der Waals surface area contributed by atoms with Crippen LogP contribution in [0, 0.1) is 0 Å². The lowest BCUT2D eigenvalue weighted by Crippen LogP contribution is -2.30. The molecule has 1 fully saturated rings. The Balaban J connectivity index is 1.46. The van der Waals surface area contributed by atoms with E-state index in [2.05, 4.69) is 12.1 Å². The zero-order valence-corrected chi connectivity index (χ0v) is 22.3. The number of nitrogens with zero attached hydrogens (tertiary/aromatic N) is 3. The Bertz CT molecular complexity index is 1430. The number of benzene rings is 3. The van der Waals surface area contributed by atoms with Crippen molar-refractivity contribution < 1.29 is 9.53 Å². The van der Waals surface area contributed by atoms with Gasteiger partial charge in [-0.05, 0) is 68.3 Å². The summed E-state index contributed by atoms with van der Waals surface area (Å²) in [6, 6.07) is 28.0. The Hall–Kier alpha value is -3.68. The molecule has 5 nitrogen and oxygen atoms in total. The highest BCUT2D eigenvalue weighted by Crippen LogP contribution is 2.35. The third-order valence-corrected chi connectivity index (χ3v) is 7.27. The van der Waals surface area contributed by atoms with Crippen molar-refractivity contribution in [1.29, 1.82) is 0 Å². The lowest BCUT2D eigenvalue weighted by molar-refractivity contribution is -0.122. The molecule has 3 aromatic carbocycles. The van der Waals surface area contributed by atoms with Gasteiger partial charge in [0.2, 0.25) is 0 Å². The second kappa shape index (κ2) is 11.2. The maximum atomic E-state index is 13.3. The monoisotopic (exact) mass is 525 g/mol. The normalized spacial score (nSPS) is 14.7. The van der Waals surface area contributed by atoms with E-state index in [0.717, 1.165) is 34.7 Å². The number of hydrogen-bond donors (Lipinski definition) is 0. The van der Waals surface area contributed by atoms with Gasteiger partial charge in [0.1, 0.15) is 10.1 Å². The molecule has 0 spiro atoms. The minimum atomic E-state index is -0.0648. The number of thioether (sulfide) groups is 1. The number of hydrogen-bond acceptors (Lipinski definition) is 5. The topological polar surface area (TPSA) is 47.4 Å². The molecule has 1 aliphatic rings. The van der Waals surface area contributed by atoms with Gasteiger partial charge in [0.25, 0.3) is 5.91 Å². The Morgan fingerprint density at radius 2 is 1.65 bits per heavy atom. The van der Waals surface area contributed by atoms with Crippen molar-refractivity contribution in [3.05, 3.63) is 107 Å². The molecule has 0 unspecified atom stereocenters. The number of ether oxygens (including phenoxy) is 1. The van der Waals surface area contributed by atoms with Gasteiger partial charge in [0.05, 0.1) is 22.4 Å². The third-order valence-electron chi connectivity index (χ3n) is 5.89. The van der Waals surface area contributed by atoms with Gasteiger partial charge in [-0.3, -0.25) is 9.69 Å². The van der Waals surface area contributed by atoms with Crippen LogP contribution >= 0.6 is 24.0 Å². The highest BCUT2D eigenvalue weighted by molar-refractivity contribution is 8.26. The first-order chi connectivity index (χ1) is 18.0. The average Bonchev–Trinajstić information content (AvgIpc) is 3.44. The van der Waals surface area contributed by atoms with E-state index in [4.69, 9.17) is 22.1 Å². The number of aromatic nitrogens is 2. The molecule has 0 N–H and O–H groups in total. The molecular formula is C30H27N3O2S2. The summed E-state index contributed by atoms with van der Waals surface area (Å²) in [5.41, 5.74) is 4.70. The van der Waals surface area contributed by atoms with Gasteiger partial charge in [-0.15, -0.1) is 0 Å². The van der Waals surface area contributed by atoms with Crippen molar-refractivity contribution >= 4 is 40.3 Å². The average molecular weight is 526 g/mol. The maximum absolute atomic E-state index is 13.3. The molecule has 0 radical (unpaired) electrons. The molecule has 1 aromatic heterocycles. The van der Waals surface area contributed by atoms with E-state index in [9.17, 15) is 4.79 Å². The molecule has 7 heteroatoms. The van der Waals surface area contributed by atoms with E-state index in [1.54, 1.807) is 4.90 Å². The largest absolute Gasteiger partial charge is 0.491 e. The molecule has 1 amide bonds. The molecule has 1 aliphatic heterocycles. The molecule has 186 valence electrons. The smallest absolute Gasteiger partial charge is 0.266 e. The standard InChI is InChI=1S/C30H27N3O2S2/c1-21(2)35-26-15-13-23(14-16-26)28-24(20-33(31-28)25-11-7-4-8-12-25)19-27-29(34)32(30(36)37-27)18-17-22-9-5-3-6-10-22/h3-16,19-21H,17-18H2,1-2H3. The molecule has 1 saturated heterocycles. The van der Waals surface area contributed by atoms with E-state index < -0.39 is 0 Å². The lowest BCUT2D eigenvalue weighted by Gasteiger charge is -2.14. The fourth-order valence-electron chi connectivity index (χ4n) is 4.11. The Labute approximate surface area is 226 Å². The van der Waals surface area contributed by atoms with Crippen molar-refractivity contribution in [3.63, 3.8) is 0 Å². The molecule has 0 saturated carbocycles. The third kappa shape index (κ3) is 5.84. The van der Waals surface area contributed by atoms with E-state index in [0.29, 0.717) is 15.8 Å². The second-order valence-electron chi connectivity index (χ2n) is 8.97. The maximum Gasteiger partial charge on any atom is 0.266 e. The zero-order valence-electron chi connectivity index (χ0n) is 20.7. The van der Waals surface area contributed by atoms with Gasteiger partial charge < -0.3 is 4.74 Å². The first-order valence-corrected chi connectivity index (χ1v) is 13.4. The second-order valence-corrected chi connectivity index (χ2v) is 10.6. The minimum Gasteiger partial charge on any atom is -0.491 e. The first-order valence-electron chi connectivity index (χ1n) is 12.2. The fraction of sp³-hybridized carbons (Fsp3) is 0.167. The summed E-state index contributed by atoms with van der Waals surface area (Å²) in [6.07, 6.45) is 4.72. The van der Waals surface area contributed by atoms with Crippen LogP contribution in [0.25, 0.3) is 23.0 Å². The lowest BCUT2D eigenvalue weighted by atomic mass is 10.1. The van der Waals surface area contributed by atoms with Gasteiger partial charge in [-0.2, -0.15) is 5.10 Å². The van der Waals surface area contributed by atoms with Crippen molar-refractivity contribution in [1.82, 2.24) is 14.7 Å². The van der Waals surface area contributed by atoms with Crippen LogP contribution in [0.15, 0.2) is 96.0 Å². The summed E-state index contributed by atoms with van der Waals surface area (Å²) in [7, 11) is 0. The predicted octanol–water partition coefficient (Wildman–Crippen LogP) is 6.77. The van der Waals surface area contributed by atoms with Gasteiger partial charge in [-0.1, -0.05) is 72.5 Å². The van der Waals surface area contributed by atoms with Crippen molar-refractivity contribution in [2.24, 2.45) is 0 Å². The van der Waals surface area contributed by atoms with Crippen LogP contribution in [0.4, 0.5) is 0 Å². The summed E-state index contributed by atoms with van der Waals surface area (Å²) in [5.74, 6) is 0.743. The number of para-hydroxylation sites is 1. The number of carbonyl (C=O) groups excluding carboxylic acids is 1. The van der Waals surface area contributed by atoms with Gasteiger partial charge in [0, 0.05) is 23.9 Å². The molecule has 0 aliphatic carbocycles. The van der Waals surface area contributed by atoms with Crippen LogP contribution in [-0.4, -0.2) is 37.6 Å². The van der Waals surface area contributed by atoms with E-state index >= 15 is 0 Å². The van der Waals surface area contributed by atoms with Crippen molar-refractivity contribution in [2.75, 3.05) is 6.54 Å². The summed E-state index contributed by atoms with van der Waals surface area (Å²) >= 11 is 6.92. The molecule has 37 heavy (non-hydrogen) atoms. The van der Waals surface area contributed by atoms with Crippen LogP contribution < -0.4 is 4.74 Å². The molecule has 2 heterocycles. The molecule has 4 aromatic rings. The number of amides is 1. The van der Waals surface area contributed by atoms with Crippen LogP contribution in [0.1, 0.15) is 25.0 Å². The summed E-state index contributed by atoms with van der Waals surface area (Å²) in [6.45, 7) is 4.56. The zero-order chi connectivity index (χ0) is 25.8. The summed E-state index contributed by atoms with van der Waals surface area (Å²) in [5, 5.41) is 4.89. The van der Waals surface area contributed by atoms with Gasteiger partial charge in [-0.25, -0.2) is 4.68 Å². The SMILES string of the molecule is CC(C)Oc1ccc(-c2nn(-c3ccccc3)cc2C=C2SC(=S)N(CCc3ccccc3)C2=O)cc1. The highest BCUT2D eigenvalue weighted by Gasteiger charge is 2.32. The molecule has 5 rings (SSSR count). The highest BCUT2D eigenvalue weighted by atomic mass is 32.2. The number of rotatable bonds is 8. The van der Waals surface area contributed by atoms with Crippen molar-refractivity contribution in [2.45, 2.75) is 26.4 Å². The first kappa shape index (κ1) is 25.0. The van der Waals surface area contributed by atoms with Crippen molar-refractivity contribution in [3.8, 4) is 22.7 Å². The Morgan fingerprint density at radius 1 is 0.973 bits per heavy atom. The Kier molecular flexibility index (Phi) is 7.53. The fourth-order valence-corrected chi connectivity index (χ4v) is 5.41. The molecule has 0 bridgehead atoms. The predicted molar refractivity (Wildman–Crippen MR) is 155 cm³/mol. The van der Waals surface area contributed by atoms with Crippen LogP contribution in [0.3, 0.4) is 0 Å². The van der Waals surface area contributed by atoms with E-state index in [1.807, 2.05) is 104 Å². The van der Waals surface area contributed by atoms with Crippen LogP contribution in [-0.2, 0) is 11.2 Å². The minimum absolute atomic E-state index is 0.0648. The van der Waals surface area contributed by atoms with Crippen LogP contribution in [0.2, 0.25) is 0 Å². The van der Waals surface area contributed by atoms with Gasteiger partial charge >= 0.3 is 0 Å². The number of thiocarbonyl (C=S) groups is 1. The quantitative estimate of drug-likeness (QED) is 0.188.